The number of imidazole rings is 1. The Hall–Kier alpha value is -1.38. The first-order valence-electron chi connectivity index (χ1n) is 5.49. The predicted octanol–water partition coefficient (Wildman–Crippen LogP) is 3.19. The van der Waals surface area contributed by atoms with Gasteiger partial charge in [0.05, 0.1) is 5.69 Å². The van der Waals surface area contributed by atoms with Crippen LogP contribution >= 0.6 is 0 Å². The lowest BCUT2D eigenvalue weighted by Crippen LogP contribution is -1.95. The minimum atomic E-state index is 0.460. The zero-order chi connectivity index (χ0) is 11.4. The van der Waals surface area contributed by atoms with E-state index < -0.39 is 0 Å². The number of aryl methyl sites for hydroxylation is 1. The fourth-order valence-electron chi connectivity index (χ4n) is 1.33. The lowest BCUT2D eigenvalue weighted by Gasteiger charge is -2.02. The topological polar surface area (TPSA) is 30.2 Å². The Balaban J connectivity index is 0.000000531. The SMILES string of the molecule is CC.Cc1cn2ccc(C(C)C)nc2n1. The van der Waals surface area contributed by atoms with Crippen LogP contribution in [0.3, 0.4) is 0 Å². The van der Waals surface area contributed by atoms with E-state index in [0.717, 1.165) is 17.2 Å². The Labute approximate surface area is 91.2 Å². The molecule has 0 fully saturated rings. The molecule has 2 heterocycles. The van der Waals surface area contributed by atoms with Gasteiger partial charge in [-0.05, 0) is 18.9 Å². The second kappa shape index (κ2) is 4.91. The molecule has 0 aromatic carbocycles. The summed E-state index contributed by atoms with van der Waals surface area (Å²) in [6, 6.07) is 2.04. The van der Waals surface area contributed by atoms with Crippen molar-refractivity contribution in [2.24, 2.45) is 0 Å². The molecule has 3 nitrogen and oxygen atoms in total. The van der Waals surface area contributed by atoms with Crippen molar-refractivity contribution in [3.8, 4) is 0 Å². The van der Waals surface area contributed by atoms with Crippen LogP contribution < -0.4 is 0 Å². The molecule has 0 spiro atoms. The standard InChI is InChI=1S/C10H13N3.C2H6/c1-7(2)9-4-5-13-6-8(3)11-10(13)12-9;1-2/h4-7H,1-3H3;1-2H3. The van der Waals surface area contributed by atoms with Crippen molar-refractivity contribution < 1.29 is 0 Å². The summed E-state index contributed by atoms with van der Waals surface area (Å²) in [6.45, 7) is 10.2. The third kappa shape index (κ3) is 2.55. The van der Waals surface area contributed by atoms with Crippen LogP contribution in [0.2, 0.25) is 0 Å². The van der Waals surface area contributed by atoms with Gasteiger partial charge in [-0.15, -0.1) is 0 Å². The summed E-state index contributed by atoms with van der Waals surface area (Å²) in [5.74, 6) is 1.26. The van der Waals surface area contributed by atoms with Crippen LogP contribution in [0.1, 0.15) is 45.0 Å². The van der Waals surface area contributed by atoms with Crippen LogP contribution in [0.5, 0.6) is 0 Å². The normalized spacial score (nSPS) is 10.3. The Morgan fingerprint density at radius 1 is 1.20 bits per heavy atom. The Bertz CT molecular complexity index is 429. The van der Waals surface area contributed by atoms with Crippen molar-refractivity contribution in [1.29, 1.82) is 0 Å². The average molecular weight is 205 g/mol. The van der Waals surface area contributed by atoms with Crippen molar-refractivity contribution in [3.63, 3.8) is 0 Å². The van der Waals surface area contributed by atoms with E-state index in [1.54, 1.807) is 0 Å². The summed E-state index contributed by atoms with van der Waals surface area (Å²) in [6.07, 6.45) is 3.99. The molecule has 82 valence electrons. The van der Waals surface area contributed by atoms with Crippen molar-refractivity contribution in [2.45, 2.75) is 40.5 Å². The number of rotatable bonds is 1. The molecule has 2 aromatic rings. The number of aromatic nitrogens is 3. The third-order valence-electron chi connectivity index (χ3n) is 2.06. The molecule has 2 rings (SSSR count). The van der Waals surface area contributed by atoms with Crippen LogP contribution in [0.15, 0.2) is 18.5 Å². The predicted molar refractivity (Wildman–Crippen MR) is 63.2 cm³/mol. The third-order valence-corrected chi connectivity index (χ3v) is 2.06. The van der Waals surface area contributed by atoms with E-state index in [4.69, 9.17) is 0 Å². The van der Waals surface area contributed by atoms with E-state index in [1.165, 1.54) is 0 Å². The van der Waals surface area contributed by atoms with Gasteiger partial charge in [0.2, 0.25) is 5.78 Å². The van der Waals surface area contributed by atoms with Crippen LogP contribution in [-0.4, -0.2) is 14.4 Å². The average Bonchev–Trinajstić information content (AvgIpc) is 2.59. The molecule has 0 saturated carbocycles. The molecule has 0 N–H and O–H groups in total. The van der Waals surface area contributed by atoms with Crippen molar-refractivity contribution in [3.05, 3.63) is 29.8 Å². The van der Waals surface area contributed by atoms with E-state index in [-0.39, 0.29) is 0 Å². The lowest BCUT2D eigenvalue weighted by molar-refractivity contribution is 0.817. The number of nitrogens with zero attached hydrogens (tertiary/aromatic N) is 3. The van der Waals surface area contributed by atoms with Crippen LogP contribution in [0.4, 0.5) is 0 Å². The summed E-state index contributed by atoms with van der Waals surface area (Å²) in [4.78, 5) is 8.76. The molecule has 0 bridgehead atoms. The zero-order valence-corrected chi connectivity index (χ0v) is 10.2. The molecule has 0 atom stereocenters. The quantitative estimate of drug-likeness (QED) is 0.715. The molecule has 0 radical (unpaired) electrons. The molecule has 15 heavy (non-hydrogen) atoms. The smallest absolute Gasteiger partial charge is 0.234 e. The van der Waals surface area contributed by atoms with Crippen LogP contribution in [0, 0.1) is 6.92 Å². The van der Waals surface area contributed by atoms with Crippen LogP contribution in [0.25, 0.3) is 5.78 Å². The highest BCUT2D eigenvalue weighted by atomic mass is 15.1. The van der Waals surface area contributed by atoms with E-state index >= 15 is 0 Å². The van der Waals surface area contributed by atoms with Crippen molar-refractivity contribution in [1.82, 2.24) is 14.4 Å². The summed E-state index contributed by atoms with van der Waals surface area (Å²) in [5, 5.41) is 0. The highest BCUT2D eigenvalue weighted by Crippen LogP contribution is 2.12. The summed E-state index contributed by atoms with van der Waals surface area (Å²) >= 11 is 0. The first-order chi connectivity index (χ1) is 7.16. The summed E-state index contributed by atoms with van der Waals surface area (Å²) in [7, 11) is 0. The minimum absolute atomic E-state index is 0.460. The first-order valence-corrected chi connectivity index (χ1v) is 5.49. The van der Waals surface area contributed by atoms with Crippen LogP contribution in [-0.2, 0) is 0 Å². The second-order valence-corrected chi connectivity index (χ2v) is 3.60. The molecule has 0 unspecified atom stereocenters. The number of fused-ring (bicyclic) bond motifs is 1. The van der Waals surface area contributed by atoms with Crippen molar-refractivity contribution >= 4 is 5.78 Å². The molecule has 2 aromatic heterocycles. The molecule has 0 aliphatic rings. The molecular formula is C12H19N3. The fraction of sp³-hybridized carbons (Fsp3) is 0.500. The maximum Gasteiger partial charge on any atom is 0.234 e. The Kier molecular flexibility index (Phi) is 3.83. The molecule has 0 aliphatic heterocycles. The van der Waals surface area contributed by atoms with E-state index in [9.17, 15) is 0 Å². The van der Waals surface area contributed by atoms with Gasteiger partial charge in [-0.2, -0.15) is 0 Å². The van der Waals surface area contributed by atoms with Gasteiger partial charge in [0.25, 0.3) is 0 Å². The lowest BCUT2D eigenvalue weighted by atomic mass is 10.1. The second-order valence-electron chi connectivity index (χ2n) is 3.60. The highest BCUT2D eigenvalue weighted by Gasteiger charge is 2.03. The fourth-order valence-corrected chi connectivity index (χ4v) is 1.33. The molecular weight excluding hydrogens is 186 g/mol. The number of hydrogen-bond donors (Lipinski definition) is 0. The van der Waals surface area contributed by atoms with Gasteiger partial charge >= 0.3 is 0 Å². The van der Waals surface area contributed by atoms with E-state index in [1.807, 2.05) is 43.6 Å². The zero-order valence-electron chi connectivity index (χ0n) is 10.2. The van der Waals surface area contributed by atoms with E-state index in [0.29, 0.717) is 5.92 Å². The van der Waals surface area contributed by atoms with Gasteiger partial charge in [-0.3, -0.25) is 4.40 Å². The number of hydrogen-bond acceptors (Lipinski definition) is 2. The molecule has 0 saturated heterocycles. The highest BCUT2D eigenvalue weighted by molar-refractivity contribution is 5.32. The van der Waals surface area contributed by atoms with E-state index in [2.05, 4.69) is 23.8 Å². The first kappa shape index (κ1) is 11.7. The van der Waals surface area contributed by atoms with Gasteiger partial charge in [0.15, 0.2) is 0 Å². The minimum Gasteiger partial charge on any atom is -0.291 e. The molecule has 3 heteroatoms. The largest absolute Gasteiger partial charge is 0.291 e. The monoisotopic (exact) mass is 205 g/mol. The maximum absolute atomic E-state index is 4.45. The van der Waals surface area contributed by atoms with Gasteiger partial charge in [0, 0.05) is 18.1 Å². The molecule has 0 amide bonds. The van der Waals surface area contributed by atoms with Gasteiger partial charge < -0.3 is 0 Å². The Morgan fingerprint density at radius 3 is 2.47 bits per heavy atom. The van der Waals surface area contributed by atoms with Gasteiger partial charge in [0.1, 0.15) is 0 Å². The van der Waals surface area contributed by atoms with Crippen molar-refractivity contribution in [2.75, 3.05) is 0 Å². The summed E-state index contributed by atoms with van der Waals surface area (Å²) in [5.41, 5.74) is 2.10. The Morgan fingerprint density at radius 2 is 1.87 bits per heavy atom. The molecule has 0 aliphatic carbocycles. The maximum atomic E-state index is 4.45. The van der Waals surface area contributed by atoms with Gasteiger partial charge in [-0.25, -0.2) is 9.97 Å². The van der Waals surface area contributed by atoms with Gasteiger partial charge in [-0.1, -0.05) is 27.7 Å². The summed E-state index contributed by atoms with van der Waals surface area (Å²) < 4.78 is 1.95.